The lowest BCUT2D eigenvalue weighted by Gasteiger charge is -2.07. The lowest BCUT2D eigenvalue weighted by Crippen LogP contribution is -1.95. The fraction of sp³-hybridized carbons (Fsp3) is 0. The molecule has 0 spiro atoms. The number of anilines is 3. The van der Waals surface area contributed by atoms with Crippen LogP contribution in [0.2, 0.25) is 5.02 Å². The Kier molecular flexibility index (Phi) is 3.16. The number of nitrogen functional groups attached to an aromatic ring is 1. The Morgan fingerprint density at radius 2 is 1.90 bits per heavy atom. The van der Waals surface area contributed by atoms with Gasteiger partial charge >= 0.3 is 0 Å². The van der Waals surface area contributed by atoms with Crippen LogP contribution in [-0.4, -0.2) is 4.98 Å². The molecule has 0 saturated carbocycles. The molecule has 2 aromatic carbocycles. The van der Waals surface area contributed by atoms with Gasteiger partial charge < -0.3 is 11.1 Å². The van der Waals surface area contributed by atoms with Gasteiger partial charge in [0, 0.05) is 21.8 Å². The first-order valence-electron chi connectivity index (χ1n) is 5.99. The lowest BCUT2D eigenvalue weighted by atomic mass is 10.2. The Morgan fingerprint density at radius 3 is 2.70 bits per heavy atom. The first-order valence-corrected chi connectivity index (χ1v) is 6.37. The summed E-state index contributed by atoms with van der Waals surface area (Å²) in [6, 6.07) is 13.4. The van der Waals surface area contributed by atoms with Crippen molar-refractivity contribution in [2.24, 2.45) is 0 Å². The van der Waals surface area contributed by atoms with Gasteiger partial charge in [0.25, 0.3) is 0 Å². The van der Waals surface area contributed by atoms with E-state index in [2.05, 4.69) is 10.3 Å². The molecule has 0 aliphatic heterocycles. The van der Waals surface area contributed by atoms with E-state index in [1.165, 1.54) is 12.1 Å². The zero-order chi connectivity index (χ0) is 14.1. The molecule has 3 nitrogen and oxygen atoms in total. The molecule has 0 aliphatic carbocycles. The standard InChI is InChI=1S/C15H11ClFN3/c16-10-6-11(17)8-13(7-10)19-15-4-1-9-5-12(18)2-3-14(9)20-15/h1-8H,18H2,(H,19,20). The maximum Gasteiger partial charge on any atom is 0.131 e. The molecule has 0 bridgehead atoms. The van der Waals surface area contributed by atoms with Crippen molar-refractivity contribution in [3.8, 4) is 0 Å². The fourth-order valence-electron chi connectivity index (χ4n) is 1.99. The lowest BCUT2D eigenvalue weighted by molar-refractivity contribution is 0.628. The molecule has 0 fully saturated rings. The van der Waals surface area contributed by atoms with Crippen molar-refractivity contribution in [2.45, 2.75) is 0 Å². The number of aromatic nitrogens is 1. The summed E-state index contributed by atoms with van der Waals surface area (Å²) in [7, 11) is 0. The zero-order valence-electron chi connectivity index (χ0n) is 10.4. The van der Waals surface area contributed by atoms with Crippen LogP contribution in [-0.2, 0) is 0 Å². The number of fused-ring (bicyclic) bond motifs is 1. The highest BCUT2D eigenvalue weighted by Crippen LogP contribution is 2.23. The van der Waals surface area contributed by atoms with Crippen LogP contribution >= 0.6 is 11.6 Å². The van der Waals surface area contributed by atoms with Crippen molar-refractivity contribution in [1.82, 2.24) is 4.98 Å². The zero-order valence-corrected chi connectivity index (χ0v) is 11.2. The van der Waals surface area contributed by atoms with Crippen molar-refractivity contribution in [1.29, 1.82) is 0 Å². The van der Waals surface area contributed by atoms with E-state index in [4.69, 9.17) is 17.3 Å². The van der Waals surface area contributed by atoms with Gasteiger partial charge in [-0.05, 0) is 48.5 Å². The van der Waals surface area contributed by atoms with E-state index in [-0.39, 0.29) is 0 Å². The summed E-state index contributed by atoms with van der Waals surface area (Å²) in [6.45, 7) is 0. The monoisotopic (exact) mass is 287 g/mol. The normalized spacial score (nSPS) is 10.7. The molecule has 20 heavy (non-hydrogen) atoms. The fourth-order valence-corrected chi connectivity index (χ4v) is 2.21. The quantitative estimate of drug-likeness (QED) is 0.689. The summed E-state index contributed by atoms with van der Waals surface area (Å²) in [5.74, 6) is 0.220. The first-order chi connectivity index (χ1) is 9.60. The number of rotatable bonds is 2. The number of nitrogens with two attached hydrogens (primary N) is 1. The van der Waals surface area contributed by atoms with Crippen LogP contribution < -0.4 is 11.1 Å². The molecule has 100 valence electrons. The number of nitrogens with zero attached hydrogens (tertiary/aromatic N) is 1. The van der Waals surface area contributed by atoms with E-state index in [1.54, 1.807) is 18.2 Å². The molecule has 3 rings (SSSR count). The van der Waals surface area contributed by atoms with Gasteiger partial charge in [-0.25, -0.2) is 9.37 Å². The maximum atomic E-state index is 13.3. The van der Waals surface area contributed by atoms with Gasteiger partial charge in [-0.3, -0.25) is 0 Å². The summed E-state index contributed by atoms with van der Waals surface area (Å²) >= 11 is 5.81. The largest absolute Gasteiger partial charge is 0.399 e. The van der Waals surface area contributed by atoms with Crippen LogP contribution in [0, 0.1) is 5.82 Å². The van der Waals surface area contributed by atoms with E-state index in [0.717, 1.165) is 10.9 Å². The molecule has 0 amide bonds. The van der Waals surface area contributed by atoms with E-state index in [9.17, 15) is 4.39 Å². The Morgan fingerprint density at radius 1 is 1.05 bits per heavy atom. The Balaban J connectivity index is 1.96. The molecule has 3 N–H and O–H groups in total. The van der Waals surface area contributed by atoms with Crippen LogP contribution in [0.5, 0.6) is 0 Å². The Hall–Kier alpha value is -2.33. The van der Waals surface area contributed by atoms with Crippen LogP contribution in [0.15, 0.2) is 48.5 Å². The average Bonchev–Trinajstić information content (AvgIpc) is 2.38. The molecular weight excluding hydrogens is 277 g/mol. The Labute approximate surface area is 120 Å². The highest BCUT2D eigenvalue weighted by atomic mass is 35.5. The molecule has 1 aromatic heterocycles. The first kappa shape index (κ1) is 12.7. The molecular formula is C15H11ClFN3. The van der Waals surface area contributed by atoms with Gasteiger partial charge in [-0.1, -0.05) is 11.6 Å². The van der Waals surface area contributed by atoms with Crippen molar-refractivity contribution in [3.05, 3.63) is 59.4 Å². The highest BCUT2D eigenvalue weighted by molar-refractivity contribution is 6.30. The van der Waals surface area contributed by atoms with Gasteiger partial charge in [0.05, 0.1) is 5.52 Å². The van der Waals surface area contributed by atoms with Gasteiger partial charge in [-0.2, -0.15) is 0 Å². The molecule has 3 aromatic rings. The average molecular weight is 288 g/mol. The predicted molar refractivity (Wildman–Crippen MR) is 80.8 cm³/mol. The second-order valence-electron chi connectivity index (χ2n) is 4.43. The number of benzene rings is 2. The molecule has 1 heterocycles. The minimum absolute atomic E-state index is 0.334. The summed E-state index contributed by atoms with van der Waals surface area (Å²) in [5.41, 5.74) is 7.78. The van der Waals surface area contributed by atoms with E-state index >= 15 is 0 Å². The Bertz CT molecular complexity index is 769. The van der Waals surface area contributed by atoms with E-state index in [0.29, 0.717) is 22.2 Å². The number of pyridine rings is 1. The van der Waals surface area contributed by atoms with Crippen LogP contribution in [0.25, 0.3) is 10.9 Å². The summed E-state index contributed by atoms with van der Waals surface area (Å²) in [5, 5.41) is 4.31. The highest BCUT2D eigenvalue weighted by Gasteiger charge is 2.02. The third-order valence-electron chi connectivity index (χ3n) is 2.85. The minimum atomic E-state index is -0.395. The van der Waals surface area contributed by atoms with Gasteiger partial charge in [0.2, 0.25) is 0 Å². The van der Waals surface area contributed by atoms with Crippen LogP contribution in [0.1, 0.15) is 0 Å². The molecule has 0 unspecified atom stereocenters. The van der Waals surface area contributed by atoms with Crippen LogP contribution in [0.4, 0.5) is 21.6 Å². The van der Waals surface area contributed by atoms with Crippen molar-refractivity contribution in [3.63, 3.8) is 0 Å². The molecule has 0 saturated heterocycles. The number of hydrogen-bond acceptors (Lipinski definition) is 3. The van der Waals surface area contributed by atoms with E-state index < -0.39 is 5.82 Å². The topological polar surface area (TPSA) is 50.9 Å². The summed E-state index contributed by atoms with van der Waals surface area (Å²) in [6.07, 6.45) is 0. The van der Waals surface area contributed by atoms with Crippen molar-refractivity contribution in [2.75, 3.05) is 11.1 Å². The predicted octanol–water partition coefficient (Wildman–Crippen LogP) is 4.35. The SMILES string of the molecule is Nc1ccc2nc(Nc3cc(F)cc(Cl)c3)ccc2c1. The second-order valence-corrected chi connectivity index (χ2v) is 4.87. The number of halogens is 2. The second kappa shape index (κ2) is 4.98. The smallest absolute Gasteiger partial charge is 0.131 e. The van der Waals surface area contributed by atoms with Crippen molar-refractivity contribution < 1.29 is 4.39 Å². The molecule has 0 atom stereocenters. The number of hydrogen-bond donors (Lipinski definition) is 2. The molecule has 5 heteroatoms. The molecule has 0 aliphatic rings. The molecule has 0 radical (unpaired) electrons. The van der Waals surface area contributed by atoms with Crippen LogP contribution in [0.3, 0.4) is 0 Å². The van der Waals surface area contributed by atoms with Gasteiger partial charge in [0.1, 0.15) is 11.6 Å². The summed E-state index contributed by atoms with van der Waals surface area (Å²) in [4.78, 5) is 4.44. The third-order valence-corrected chi connectivity index (χ3v) is 3.07. The van der Waals surface area contributed by atoms with Crippen molar-refractivity contribution >= 4 is 39.7 Å². The number of nitrogens with one attached hydrogen (secondary N) is 1. The van der Waals surface area contributed by atoms with Gasteiger partial charge in [-0.15, -0.1) is 0 Å². The third kappa shape index (κ3) is 2.65. The summed E-state index contributed by atoms with van der Waals surface area (Å²) < 4.78 is 13.3. The maximum absolute atomic E-state index is 13.3. The van der Waals surface area contributed by atoms with E-state index in [1.807, 2.05) is 18.2 Å². The van der Waals surface area contributed by atoms with Gasteiger partial charge in [0.15, 0.2) is 0 Å². The minimum Gasteiger partial charge on any atom is -0.399 e.